The molecule has 2 aromatic carbocycles. The Morgan fingerprint density at radius 1 is 1.07 bits per heavy atom. The topological polar surface area (TPSA) is 57.7 Å². The van der Waals surface area contributed by atoms with Gasteiger partial charge in [0.1, 0.15) is 4.90 Å². The zero-order valence-corrected chi connectivity index (χ0v) is 17.6. The first-order valence-electron chi connectivity index (χ1n) is 8.53. The standard InChI is InChI=1S/C19H21ClN2O3S2/c1-14-7-8-15(26-2)13-16(14)19(23)21-9-11-22(12-10-21)27(24,25)18-6-4-3-5-17(18)20/h3-8,13H,9-12H2,1-2H3. The first-order valence-corrected chi connectivity index (χ1v) is 11.6. The Morgan fingerprint density at radius 2 is 1.74 bits per heavy atom. The van der Waals surface area contributed by atoms with Crippen molar-refractivity contribution >= 4 is 39.3 Å². The highest BCUT2D eigenvalue weighted by molar-refractivity contribution is 7.98. The molecule has 0 saturated carbocycles. The van der Waals surface area contributed by atoms with E-state index < -0.39 is 10.0 Å². The fourth-order valence-electron chi connectivity index (χ4n) is 3.05. The number of halogens is 1. The lowest BCUT2D eigenvalue weighted by atomic mass is 10.1. The van der Waals surface area contributed by atoms with Crippen LogP contribution in [0.25, 0.3) is 0 Å². The number of carbonyl (C=O) groups excluding carboxylic acids is 1. The van der Waals surface area contributed by atoms with Crippen molar-refractivity contribution in [2.75, 3.05) is 32.4 Å². The quantitative estimate of drug-likeness (QED) is 0.704. The van der Waals surface area contributed by atoms with Crippen molar-refractivity contribution in [3.05, 3.63) is 58.6 Å². The third-order valence-corrected chi connectivity index (χ3v) is 7.78. The Hall–Kier alpha value is -1.54. The number of sulfonamides is 1. The fourth-order valence-corrected chi connectivity index (χ4v) is 5.41. The lowest BCUT2D eigenvalue weighted by Gasteiger charge is -2.34. The van der Waals surface area contributed by atoms with Gasteiger partial charge in [0.15, 0.2) is 0 Å². The molecule has 0 unspecified atom stereocenters. The Morgan fingerprint density at radius 3 is 2.37 bits per heavy atom. The maximum absolute atomic E-state index is 12.9. The van der Waals surface area contributed by atoms with Crippen LogP contribution in [0.2, 0.25) is 5.02 Å². The number of aryl methyl sites for hydroxylation is 1. The van der Waals surface area contributed by atoms with Crippen molar-refractivity contribution in [1.29, 1.82) is 0 Å². The summed E-state index contributed by atoms with van der Waals surface area (Å²) in [7, 11) is -3.67. The third kappa shape index (κ3) is 4.16. The van der Waals surface area contributed by atoms with Crippen LogP contribution < -0.4 is 0 Å². The number of hydrogen-bond acceptors (Lipinski definition) is 4. The molecule has 0 aliphatic carbocycles. The van der Waals surface area contributed by atoms with Crippen LogP contribution in [0, 0.1) is 6.92 Å². The highest BCUT2D eigenvalue weighted by atomic mass is 35.5. The molecule has 5 nitrogen and oxygen atoms in total. The van der Waals surface area contributed by atoms with Crippen LogP contribution in [0.4, 0.5) is 0 Å². The van der Waals surface area contributed by atoms with Crippen LogP contribution in [0.5, 0.6) is 0 Å². The summed E-state index contributed by atoms with van der Waals surface area (Å²) in [5.74, 6) is -0.0572. The number of carbonyl (C=O) groups is 1. The number of thioether (sulfide) groups is 1. The molecule has 1 saturated heterocycles. The zero-order chi connectivity index (χ0) is 19.6. The summed E-state index contributed by atoms with van der Waals surface area (Å²) in [6, 6.07) is 12.3. The van der Waals surface area contributed by atoms with E-state index in [-0.39, 0.29) is 28.9 Å². The molecule has 1 amide bonds. The number of benzene rings is 2. The smallest absolute Gasteiger partial charge is 0.254 e. The summed E-state index contributed by atoms with van der Waals surface area (Å²) >= 11 is 7.65. The van der Waals surface area contributed by atoms with Gasteiger partial charge in [0.2, 0.25) is 10.0 Å². The van der Waals surface area contributed by atoms with E-state index in [2.05, 4.69) is 0 Å². The number of hydrogen-bond donors (Lipinski definition) is 0. The molecular formula is C19H21ClN2O3S2. The Kier molecular flexibility index (Phi) is 6.15. The van der Waals surface area contributed by atoms with Gasteiger partial charge >= 0.3 is 0 Å². The van der Waals surface area contributed by atoms with Gasteiger partial charge in [-0.3, -0.25) is 4.79 Å². The minimum atomic E-state index is -3.67. The molecule has 0 bridgehead atoms. The van der Waals surface area contributed by atoms with Crippen molar-refractivity contribution < 1.29 is 13.2 Å². The van der Waals surface area contributed by atoms with Crippen LogP contribution in [0.3, 0.4) is 0 Å². The zero-order valence-electron chi connectivity index (χ0n) is 15.2. The highest BCUT2D eigenvalue weighted by Gasteiger charge is 2.31. The molecule has 27 heavy (non-hydrogen) atoms. The molecule has 0 N–H and O–H groups in total. The third-order valence-electron chi connectivity index (χ3n) is 4.66. The predicted molar refractivity (Wildman–Crippen MR) is 109 cm³/mol. The van der Waals surface area contributed by atoms with Gasteiger partial charge in [-0.25, -0.2) is 8.42 Å². The molecule has 0 spiro atoms. The van der Waals surface area contributed by atoms with E-state index in [9.17, 15) is 13.2 Å². The number of rotatable bonds is 4. The molecule has 8 heteroatoms. The van der Waals surface area contributed by atoms with Gasteiger partial charge in [0.25, 0.3) is 5.91 Å². The van der Waals surface area contributed by atoms with Crippen LogP contribution in [0.15, 0.2) is 52.3 Å². The van der Waals surface area contributed by atoms with Gasteiger partial charge in [0, 0.05) is 36.6 Å². The summed E-state index contributed by atoms with van der Waals surface area (Å²) in [5, 5.41) is 0.209. The monoisotopic (exact) mass is 424 g/mol. The molecule has 2 aromatic rings. The van der Waals surface area contributed by atoms with Gasteiger partial charge in [0.05, 0.1) is 5.02 Å². The van der Waals surface area contributed by atoms with Crippen LogP contribution >= 0.6 is 23.4 Å². The second-order valence-electron chi connectivity index (χ2n) is 6.31. The van der Waals surface area contributed by atoms with Crippen LogP contribution in [-0.2, 0) is 10.0 Å². The molecule has 0 radical (unpaired) electrons. The summed E-state index contributed by atoms with van der Waals surface area (Å²) < 4.78 is 27.0. The molecular weight excluding hydrogens is 404 g/mol. The van der Waals surface area contributed by atoms with Crippen LogP contribution in [-0.4, -0.2) is 56.0 Å². The normalized spacial score (nSPS) is 15.7. The summed E-state index contributed by atoms with van der Waals surface area (Å²) in [6.45, 7) is 3.12. The molecule has 1 aliphatic heterocycles. The average Bonchev–Trinajstić information content (AvgIpc) is 2.68. The van der Waals surface area contributed by atoms with Gasteiger partial charge in [-0.1, -0.05) is 29.8 Å². The van der Waals surface area contributed by atoms with Gasteiger partial charge in [-0.15, -0.1) is 11.8 Å². The van der Waals surface area contributed by atoms with Gasteiger partial charge in [-0.05, 0) is 43.0 Å². The maximum atomic E-state index is 12.9. The number of amides is 1. The molecule has 1 heterocycles. The largest absolute Gasteiger partial charge is 0.336 e. The second-order valence-corrected chi connectivity index (χ2v) is 9.50. The number of piperazine rings is 1. The lowest BCUT2D eigenvalue weighted by molar-refractivity contribution is 0.0697. The maximum Gasteiger partial charge on any atom is 0.254 e. The van der Waals surface area contributed by atoms with Crippen molar-refractivity contribution in [2.24, 2.45) is 0 Å². The summed E-state index contributed by atoms with van der Waals surface area (Å²) in [4.78, 5) is 15.7. The van der Waals surface area contributed by atoms with Crippen molar-refractivity contribution in [3.63, 3.8) is 0 Å². The fraction of sp³-hybridized carbons (Fsp3) is 0.316. The Labute approximate surface area is 169 Å². The molecule has 1 aliphatic rings. The Balaban J connectivity index is 1.74. The van der Waals surface area contributed by atoms with Gasteiger partial charge < -0.3 is 4.90 Å². The minimum absolute atomic E-state index is 0.0572. The second kappa shape index (κ2) is 8.22. The minimum Gasteiger partial charge on any atom is -0.336 e. The van der Waals surface area contributed by atoms with Crippen molar-refractivity contribution in [2.45, 2.75) is 16.7 Å². The summed E-state index contributed by atoms with van der Waals surface area (Å²) in [5.41, 5.74) is 1.59. The van der Waals surface area contributed by atoms with E-state index in [0.717, 1.165) is 10.5 Å². The van der Waals surface area contributed by atoms with E-state index in [1.54, 1.807) is 34.9 Å². The van der Waals surface area contributed by atoms with Crippen molar-refractivity contribution in [1.82, 2.24) is 9.21 Å². The SMILES string of the molecule is CSc1ccc(C)c(C(=O)N2CCN(S(=O)(=O)c3ccccc3Cl)CC2)c1. The first kappa shape index (κ1) is 20.2. The van der Waals surface area contributed by atoms with Crippen LogP contribution in [0.1, 0.15) is 15.9 Å². The molecule has 0 atom stereocenters. The molecule has 1 fully saturated rings. The van der Waals surface area contributed by atoms with Crippen molar-refractivity contribution in [3.8, 4) is 0 Å². The highest BCUT2D eigenvalue weighted by Crippen LogP contribution is 2.26. The predicted octanol–water partition coefficient (Wildman–Crippen LogP) is 3.52. The van der Waals surface area contributed by atoms with E-state index >= 15 is 0 Å². The number of nitrogens with zero attached hydrogens (tertiary/aromatic N) is 2. The first-order chi connectivity index (χ1) is 12.8. The Bertz CT molecular complexity index is 955. The van der Waals surface area contributed by atoms with E-state index in [4.69, 9.17) is 11.6 Å². The molecule has 0 aromatic heterocycles. The van der Waals surface area contributed by atoms with E-state index in [1.165, 1.54) is 10.4 Å². The average molecular weight is 425 g/mol. The van der Waals surface area contributed by atoms with Gasteiger partial charge in [-0.2, -0.15) is 4.31 Å². The molecule has 144 valence electrons. The molecule has 3 rings (SSSR count). The van der Waals surface area contributed by atoms with E-state index in [1.807, 2.05) is 31.4 Å². The summed E-state index contributed by atoms with van der Waals surface area (Å²) in [6.07, 6.45) is 1.97. The lowest BCUT2D eigenvalue weighted by Crippen LogP contribution is -2.50. The van der Waals surface area contributed by atoms with E-state index in [0.29, 0.717) is 18.7 Å².